The van der Waals surface area contributed by atoms with Crippen molar-refractivity contribution in [3.05, 3.63) is 83.6 Å². The lowest BCUT2D eigenvalue weighted by Gasteiger charge is -2.14. The van der Waals surface area contributed by atoms with Gasteiger partial charge in [0.25, 0.3) is 0 Å². The second-order valence-electron chi connectivity index (χ2n) is 4.74. The summed E-state index contributed by atoms with van der Waals surface area (Å²) in [6, 6.07) is 21.4. The minimum atomic E-state index is -0.324. The molecule has 0 fully saturated rings. The molecular weight excluding hydrogens is 232 g/mol. The molecule has 0 atom stereocenters. The summed E-state index contributed by atoms with van der Waals surface area (Å²) in [4.78, 5) is 0. The third kappa shape index (κ3) is 3.44. The van der Waals surface area contributed by atoms with Crippen molar-refractivity contribution >= 4 is 8.80 Å². The number of benzene rings is 2. The maximum Gasteiger partial charge on any atom is 0.0689 e. The van der Waals surface area contributed by atoms with Crippen molar-refractivity contribution in [2.75, 3.05) is 0 Å². The third-order valence-corrected chi connectivity index (χ3v) is 3.80. The predicted octanol–water partition coefficient (Wildman–Crippen LogP) is 4.67. The Labute approximate surface area is 112 Å². The van der Waals surface area contributed by atoms with Crippen LogP contribution in [0.5, 0.6) is 0 Å². The Morgan fingerprint density at radius 3 is 1.61 bits per heavy atom. The van der Waals surface area contributed by atoms with E-state index in [-0.39, 0.29) is 8.80 Å². The number of allylic oxidation sites excluding steroid dienone is 1. The van der Waals surface area contributed by atoms with E-state index in [1.54, 1.807) is 0 Å². The van der Waals surface area contributed by atoms with Gasteiger partial charge in [0.2, 0.25) is 0 Å². The summed E-state index contributed by atoms with van der Waals surface area (Å²) in [5.74, 6) is 0.382. The van der Waals surface area contributed by atoms with Crippen LogP contribution in [0.4, 0.5) is 0 Å². The van der Waals surface area contributed by atoms with Crippen LogP contribution in [0, 0.1) is 0 Å². The van der Waals surface area contributed by atoms with Gasteiger partial charge < -0.3 is 0 Å². The van der Waals surface area contributed by atoms with E-state index in [0.29, 0.717) is 5.92 Å². The molecule has 2 aromatic carbocycles. The van der Waals surface area contributed by atoms with Gasteiger partial charge in [-0.2, -0.15) is 0 Å². The fourth-order valence-corrected chi connectivity index (χ4v) is 2.60. The van der Waals surface area contributed by atoms with E-state index in [1.165, 1.54) is 11.1 Å². The molecule has 0 saturated carbocycles. The Bertz CT molecular complexity index is 446. The molecule has 0 nitrogen and oxygen atoms in total. The van der Waals surface area contributed by atoms with Crippen molar-refractivity contribution in [1.82, 2.24) is 0 Å². The summed E-state index contributed by atoms with van der Waals surface area (Å²) in [7, 11) is -0.324. The van der Waals surface area contributed by atoms with Crippen LogP contribution in [-0.2, 0) is 0 Å². The van der Waals surface area contributed by atoms with Crippen molar-refractivity contribution in [3.63, 3.8) is 0 Å². The van der Waals surface area contributed by atoms with Gasteiger partial charge in [-0.3, -0.25) is 0 Å². The van der Waals surface area contributed by atoms with Crippen molar-refractivity contribution < 1.29 is 0 Å². The molecule has 0 bridgehead atoms. The Kier molecular flexibility index (Phi) is 4.54. The molecule has 1 radical (unpaired) electrons. The third-order valence-electron chi connectivity index (χ3n) is 2.94. The van der Waals surface area contributed by atoms with Gasteiger partial charge in [-0.25, -0.2) is 0 Å². The van der Waals surface area contributed by atoms with Crippen molar-refractivity contribution in [2.45, 2.75) is 19.0 Å². The number of rotatable bonds is 4. The van der Waals surface area contributed by atoms with Crippen molar-refractivity contribution in [2.24, 2.45) is 0 Å². The van der Waals surface area contributed by atoms with Gasteiger partial charge in [0.1, 0.15) is 0 Å². The van der Waals surface area contributed by atoms with E-state index in [1.807, 2.05) is 0 Å². The van der Waals surface area contributed by atoms with Crippen LogP contribution in [0.2, 0.25) is 13.1 Å². The van der Waals surface area contributed by atoms with Crippen LogP contribution in [0.1, 0.15) is 17.0 Å². The standard InChI is InChI=1S/C17H19Si/c1-18(2)14-13-17(15-9-5-3-6-10-15)16-11-7-4-8-12-16/h3-14,17H,1-2H3. The molecule has 0 N–H and O–H groups in total. The summed E-state index contributed by atoms with van der Waals surface area (Å²) in [6.45, 7) is 4.63. The van der Waals surface area contributed by atoms with E-state index in [2.05, 4.69) is 85.5 Å². The zero-order valence-corrected chi connectivity index (χ0v) is 12.0. The molecule has 0 saturated heterocycles. The van der Waals surface area contributed by atoms with Crippen LogP contribution in [0.25, 0.3) is 0 Å². The minimum absolute atomic E-state index is 0.324. The zero-order chi connectivity index (χ0) is 12.8. The second-order valence-corrected chi connectivity index (χ2v) is 7.22. The van der Waals surface area contributed by atoms with Crippen molar-refractivity contribution in [3.8, 4) is 0 Å². The Morgan fingerprint density at radius 2 is 1.22 bits per heavy atom. The van der Waals surface area contributed by atoms with Gasteiger partial charge in [-0.1, -0.05) is 85.5 Å². The molecule has 18 heavy (non-hydrogen) atoms. The second kappa shape index (κ2) is 6.36. The van der Waals surface area contributed by atoms with E-state index in [0.717, 1.165) is 0 Å². The number of hydrogen-bond acceptors (Lipinski definition) is 0. The van der Waals surface area contributed by atoms with E-state index >= 15 is 0 Å². The van der Waals surface area contributed by atoms with Crippen LogP contribution in [0.15, 0.2) is 72.4 Å². The SMILES string of the molecule is C[Si](C)C=CC(c1ccccc1)c1ccccc1. The molecule has 91 valence electrons. The summed E-state index contributed by atoms with van der Waals surface area (Å²) in [5, 5.41) is 0. The largest absolute Gasteiger partial charge is 0.0996 e. The molecule has 0 aliphatic rings. The van der Waals surface area contributed by atoms with Gasteiger partial charge in [-0.05, 0) is 11.1 Å². The van der Waals surface area contributed by atoms with Crippen LogP contribution in [0.3, 0.4) is 0 Å². The van der Waals surface area contributed by atoms with Crippen molar-refractivity contribution in [1.29, 1.82) is 0 Å². The molecule has 0 aromatic heterocycles. The van der Waals surface area contributed by atoms with E-state index < -0.39 is 0 Å². The highest BCUT2D eigenvalue weighted by atomic mass is 28.3. The quantitative estimate of drug-likeness (QED) is 0.693. The average Bonchev–Trinajstić information content (AvgIpc) is 2.41. The first-order valence-corrected chi connectivity index (χ1v) is 8.93. The Morgan fingerprint density at radius 1 is 0.778 bits per heavy atom. The predicted molar refractivity (Wildman–Crippen MR) is 81.3 cm³/mol. The molecule has 1 heteroatoms. The topological polar surface area (TPSA) is 0 Å². The van der Waals surface area contributed by atoms with Crippen LogP contribution < -0.4 is 0 Å². The molecule has 0 amide bonds. The molecular formula is C17H19Si. The fraction of sp³-hybridized carbons (Fsp3) is 0.176. The summed E-state index contributed by atoms with van der Waals surface area (Å²) < 4.78 is 0. The molecule has 2 rings (SSSR count). The maximum atomic E-state index is 2.38. The lowest BCUT2D eigenvalue weighted by atomic mass is 9.92. The molecule has 0 spiro atoms. The zero-order valence-electron chi connectivity index (χ0n) is 11.0. The first kappa shape index (κ1) is 12.8. The summed E-state index contributed by atoms with van der Waals surface area (Å²) in [6.07, 6.45) is 2.36. The lowest BCUT2D eigenvalue weighted by Crippen LogP contribution is -2.00. The maximum absolute atomic E-state index is 2.38. The highest BCUT2D eigenvalue weighted by molar-refractivity contribution is 6.61. The van der Waals surface area contributed by atoms with E-state index in [9.17, 15) is 0 Å². The van der Waals surface area contributed by atoms with Gasteiger partial charge in [0, 0.05) is 5.92 Å². The normalized spacial score (nSPS) is 11.6. The van der Waals surface area contributed by atoms with Gasteiger partial charge in [0.15, 0.2) is 0 Å². The molecule has 2 aromatic rings. The fourth-order valence-electron chi connectivity index (χ4n) is 2.02. The van der Waals surface area contributed by atoms with Crippen LogP contribution in [-0.4, -0.2) is 8.80 Å². The van der Waals surface area contributed by atoms with E-state index in [4.69, 9.17) is 0 Å². The summed E-state index contributed by atoms with van der Waals surface area (Å²) >= 11 is 0. The first-order chi connectivity index (χ1) is 8.77. The van der Waals surface area contributed by atoms with Crippen LogP contribution >= 0.6 is 0 Å². The lowest BCUT2D eigenvalue weighted by molar-refractivity contribution is 1.03. The Balaban J connectivity index is 2.35. The molecule has 0 unspecified atom stereocenters. The Hall–Kier alpha value is -1.60. The first-order valence-electron chi connectivity index (χ1n) is 6.35. The smallest absolute Gasteiger partial charge is 0.0689 e. The number of hydrogen-bond donors (Lipinski definition) is 0. The van der Waals surface area contributed by atoms with Gasteiger partial charge >= 0.3 is 0 Å². The minimum Gasteiger partial charge on any atom is -0.0996 e. The molecule has 0 heterocycles. The monoisotopic (exact) mass is 251 g/mol. The molecule has 0 aliphatic carbocycles. The van der Waals surface area contributed by atoms with Gasteiger partial charge in [0.05, 0.1) is 8.80 Å². The summed E-state index contributed by atoms with van der Waals surface area (Å²) in [5.41, 5.74) is 5.11. The van der Waals surface area contributed by atoms with Gasteiger partial charge in [-0.15, -0.1) is 0 Å². The average molecular weight is 251 g/mol. The highest BCUT2D eigenvalue weighted by Gasteiger charge is 2.09. The molecule has 0 aliphatic heterocycles. The highest BCUT2D eigenvalue weighted by Crippen LogP contribution is 2.25.